The maximum Gasteiger partial charge on any atom is 0.220 e. The van der Waals surface area contributed by atoms with Crippen LogP contribution < -0.4 is 5.32 Å². The van der Waals surface area contributed by atoms with Gasteiger partial charge in [-0.15, -0.1) is 0 Å². The highest BCUT2D eigenvalue weighted by atomic mass is 32.2. The van der Waals surface area contributed by atoms with Gasteiger partial charge in [-0.05, 0) is 39.5 Å². The highest BCUT2D eigenvalue weighted by Crippen LogP contribution is 2.14. The molecule has 1 N–H and O–H groups in total. The van der Waals surface area contributed by atoms with Gasteiger partial charge >= 0.3 is 0 Å². The van der Waals surface area contributed by atoms with Crippen molar-refractivity contribution in [2.45, 2.75) is 58.5 Å². The second-order valence-corrected chi connectivity index (χ2v) is 8.09. The van der Waals surface area contributed by atoms with Crippen LogP contribution in [0.25, 0.3) is 0 Å². The third kappa shape index (κ3) is 8.10. The van der Waals surface area contributed by atoms with Crippen molar-refractivity contribution in [1.29, 1.82) is 0 Å². The van der Waals surface area contributed by atoms with Crippen LogP contribution in [0.4, 0.5) is 0 Å². The molecule has 1 fully saturated rings. The van der Waals surface area contributed by atoms with Gasteiger partial charge < -0.3 is 10.1 Å². The van der Waals surface area contributed by atoms with Gasteiger partial charge in [-0.3, -0.25) is 4.79 Å². The quantitative estimate of drug-likeness (QED) is 0.615. The number of nitrogens with zero attached hydrogens (tertiary/aromatic N) is 1. The van der Waals surface area contributed by atoms with E-state index in [9.17, 15) is 13.2 Å². The Morgan fingerprint density at radius 3 is 2.50 bits per heavy atom. The standard InChI is InChI=1S/C15H30N2O4S/c1-14(2)21-12-9-16-15(18)8-4-7-13-22(19,20)17-10-5-3-6-11-17/h14H,3-13H2,1-2H3,(H,16,18). The lowest BCUT2D eigenvalue weighted by Crippen LogP contribution is -2.37. The molecular weight excluding hydrogens is 304 g/mol. The minimum atomic E-state index is -3.13. The molecular formula is C15H30N2O4S. The molecule has 6 nitrogen and oxygen atoms in total. The molecule has 1 amide bonds. The number of unbranched alkanes of at least 4 members (excludes halogenated alkanes) is 1. The van der Waals surface area contributed by atoms with Crippen LogP contribution in [0.3, 0.4) is 0 Å². The van der Waals surface area contributed by atoms with Crippen LogP contribution in [0.15, 0.2) is 0 Å². The van der Waals surface area contributed by atoms with Crippen LogP contribution in [0.5, 0.6) is 0 Å². The van der Waals surface area contributed by atoms with Gasteiger partial charge in [-0.25, -0.2) is 12.7 Å². The van der Waals surface area contributed by atoms with E-state index in [1.165, 1.54) is 0 Å². The fourth-order valence-corrected chi connectivity index (χ4v) is 4.06. The van der Waals surface area contributed by atoms with Crippen molar-refractivity contribution in [2.75, 3.05) is 32.0 Å². The zero-order valence-electron chi connectivity index (χ0n) is 13.8. The molecule has 1 aliphatic rings. The first-order chi connectivity index (χ1) is 10.4. The number of sulfonamides is 1. The van der Waals surface area contributed by atoms with E-state index in [0.717, 1.165) is 19.3 Å². The zero-order chi connectivity index (χ0) is 16.4. The Hall–Kier alpha value is -0.660. The first-order valence-electron chi connectivity index (χ1n) is 8.28. The SMILES string of the molecule is CC(C)OCCNC(=O)CCCCS(=O)(=O)N1CCCCC1. The molecule has 1 aliphatic heterocycles. The maximum atomic E-state index is 12.1. The zero-order valence-corrected chi connectivity index (χ0v) is 14.7. The first-order valence-corrected chi connectivity index (χ1v) is 9.89. The number of carbonyl (C=O) groups excluding carboxylic acids is 1. The third-order valence-corrected chi connectivity index (χ3v) is 5.60. The molecule has 0 radical (unpaired) electrons. The third-order valence-electron chi connectivity index (χ3n) is 3.64. The summed E-state index contributed by atoms with van der Waals surface area (Å²) in [5.74, 6) is 0.110. The minimum absolute atomic E-state index is 0.0391. The number of nitrogens with one attached hydrogen (secondary N) is 1. The molecule has 7 heteroatoms. The largest absolute Gasteiger partial charge is 0.377 e. The predicted molar refractivity (Wildman–Crippen MR) is 87.2 cm³/mol. The van der Waals surface area contributed by atoms with Crippen molar-refractivity contribution in [3.05, 3.63) is 0 Å². The molecule has 130 valence electrons. The first kappa shape index (κ1) is 19.4. The summed E-state index contributed by atoms with van der Waals surface area (Å²) in [5.41, 5.74) is 0. The number of hydrogen-bond donors (Lipinski definition) is 1. The summed E-state index contributed by atoms with van der Waals surface area (Å²) in [7, 11) is -3.13. The topological polar surface area (TPSA) is 75.7 Å². The van der Waals surface area contributed by atoms with E-state index in [2.05, 4.69) is 5.32 Å². The molecule has 0 atom stereocenters. The van der Waals surface area contributed by atoms with Crippen LogP contribution in [0.2, 0.25) is 0 Å². The molecule has 0 bridgehead atoms. The fourth-order valence-electron chi connectivity index (χ4n) is 2.42. The van der Waals surface area contributed by atoms with Crippen LogP contribution in [-0.2, 0) is 19.6 Å². The van der Waals surface area contributed by atoms with Crippen LogP contribution in [0.1, 0.15) is 52.4 Å². The van der Waals surface area contributed by atoms with Gasteiger partial charge in [-0.2, -0.15) is 0 Å². The second kappa shape index (κ2) is 10.2. The van der Waals surface area contributed by atoms with E-state index in [1.807, 2.05) is 13.8 Å². The van der Waals surface area contributed by atoms with Crippen molar-refractivity contribution in [3.63, 3.8) is 0 Å². The normalized spacial score (nSPS) is 16.9. The van der Waals surface area contributed by atoms with Crippen molar-refractivity contribution in [3.8, 4) is 0 Å². The van der Waals surface area contributed by atoms with E-state index in [0.29, 0.717) is 45.5 Å². The van der Waals surface area contributed by atoms with Gasteiger partial charge in [0, 0.05) is 26.1 Å². The van der Waals surface area contributed by atoms with E-state index in [-0.39, 0.29) is 17.8 Å². The van der Waals surface area contributed by atoms with E-state index in [1.54, 1.807) is 4.31 Å². The number of carbonyl (C=O) groups is 1. The average Bonchev–Trinajstić information content (AvgIpc) is 2.49. The molecule has 0 aromatic rings. The van der Waals surface area contributed by atoms with Gasteiger partial charge in [0.25, 0.3) is 0 Å². The molecule has 1 saturated heterocycles. The van der Waals surface area contributed by atoms with Crippen molar-refractivity contribution in [1.82, 2.24) is 9.62 Å². The van der Waals surface area contributed by atoms with Crippen LogP contribution in [0, 0.1) is 0 Å². The molecule has 0 unspecified atom stereocenters. The Kier molecular flexibility index (Phi) is 8.97. The number of amides is 1. The van der Waals surface area contributed by atoms with Crippen molar-refractivity contribution in [2.24, 2.45) is 0 Å². The molecule has 0 saturated carbocycles. The van der Waals surface area contributed by atoms with Crippen LogP contribution in [-0.4, -0.2) is 56.7 Å². The molecule has 0 aromatic carbocycles. The Bertz CT molecular complexity index is 417. The number of piperidine rings is 1. The van der Waals surface area contributed by atoms with Gasteiger partial charge in [0.05, 0.1) is 18.5 Å². The smallest absolute Gasteiger partial charge is 0.220 e. The number of ether oxygens (including phenoxy) is 1. The summed E-state index contributed by atoms with van der Waals surface area (Å²) in [4.78, 5) is 11.6. The van der Waals surface area contributed by atoms with Gasteiger partial charge in [-0.1, -0.05) is 6.42 Å². The van der Waals surface area contributed by atoms with Crippen LogP contribution >= 0.6 is 0 Å². The van der Waals surface area contributed by atoms with Crippen molar-refractivity contribution < 1.29 is 17.9 Å². The van der Waals surface area contributed by atoms with Crippen molar-refractivity contribution >= 4 is 15.9 Å². The molecule has 0 aromatic heterocycles. The highest BCUT2D eigenvalue weighted by molar-refractivity contribution is 7.89. The van der Waals surface area contributed by atoms with E-state index >= 15 is 0 Å². The Morgan fingerprint density at radius 1 is 1.18 bits per heavy atom. The Balaban J connectivity index is 2.09. The summed E-state index contributed by atoms with van der Waals surface area (Å²) >= 11 is 0. The minimum Gasteiger partial charge on any atom is -0.377 e. The predicted octanol–water partition coefficient (Wildman–Crippen LogP) is 1.51. The summed E-state index contributed by atoms with van der Waals surface area (Å²) in [6.07, 6.45) is 4.71. The molecule has 0 spiro atoms. The molecule has 1 heterocycles. The maximum absolute atomic E-state index is 12.1. The lowest BCUT2D eigenvalue weighted by Gasteiger charge is -2.25. The molecule has 1 rings (SSSR count). The summed E-state index contributed by atoms with van der Waals surface area (Å²) in [6.45, 7) is 6.21. The number of rotatable bonds is 10. The van der Waals surface area contributed by atoms with E-state index < -0.39 is 10.0 Å². The molecule has 0 aliphatic carbocycles. The second-order valence-electron chi connectivity index (χ2n) is 6.00. The summed E-state index contributed by atoms with van der Waals surface area (Å²) < 4.78 is 31.2. The highest BCUT2D eigenvalue weighted by Gasteiger charge is 2.23. The molecule has 22 heavy (non-hydrogen) atoms. The van der Waals surface area contributed by atoms with Gasteiger partial charge in [0.2, 0.25) is 15.9 Å². The lowest BCUT2D eigenvalue weighted by atomic mass is 10.2. The number of hydrogen-bond acceptors (Lipinski definition) is 4. The lowest BCUT2D eigenvalue weighted by molar-refractivity contribution is -0.121. The Labute approximate surface area is 134 Å². The summed E-state index contributed by atoms with van der Waals surface area (Å²) in [5, 5.41) is 2.78. The van der Waals surface area contributed by atoms with Gasteiger partial charge in [0.15, 0.2) is 0 Å². The fraction of sp³-hybridized carbons (Fsp3) is 0.933. The average molecular weight is 334 g/mol. The van der Waals surface area contributed by atoms with Gasteiger partial charge in [0.1, 0.15) is 0 Å². The summed E-state index contributed by atoms with van der Waals surface area (Å²) in [6, 6.07) is 0. The monoisotopic (exact) mass is 334 g/mol. The Morgan fingerprint density at radius 2 is 1.86 bits per heavy atom. The van der Waals surface area contributed by atoms with E-state index in [4.69, 9.17) is 4.74 Å².